The van der Waals surface area contributed by atoms with Crippen LogP contribution in [0.1, 0.15) is 18.9 Å². The number of anilines is 1. The van der Waals surface area contributed by atoms with Crippen LogP contribution in [0.15, 0.2) is 42.5 Å². The summed E-state index contributed by atoms with van der Waals surface area (Å²) in [5, 5.41) is 0. The second kappa shape index (κ2) is 7.50. The number of halogens is 1. The molecule has 4 rings (SSSR count). The topological polar surface area (TPSA) is 59.1 Å². The largest absolute Gasteiger partial charge is 0.454 e. The number of hydrogen-bond acceptors (Lipinski definition) is 4. The van der Waals surface area contributed by atoms with E-state index in [4.69, 9.17) is 9.47 Å². The van der Waals surface area contributed by atoms with Gasteiger partial charge >= 0.3 is 0 Å². The van der Waals surface area contributed by atoms with Crippen LogP contribution >= 0.6 is 0 Å². The van der Waals surface area contributed by atoms with Gasteiger partial charge in [0.2, 0.25) is 18.6 Å². The van der Waals surface area contributed by atoms with Gasteiger partial charge in [0.15, 0.2) is 11.5 Å². The van der Waals surface area contributed by atoms with E-state index in [-0.39, 0.29) is 37.3 Å². The molecule has 0 N–H and O–H groups in total. The van der Waals surface area contributed by atoms with Gasteiger partial charge in [-0.3, -0.25) is 9.59 Å². The van der Waals surface area contributed by atoms with Crippen LogP contribution in [0.4, 0.5) is 10.1 Å². The first-order valence-electron chi connectivity index (χ1n) is 9.29. The first-order chi connectivity index (χ1) is 13.6. The zero-order valence-electron chi connectivity index (χ0n) is 15.6. The van der Waals surface area contributed by atoms with Crippen molar-refractivity contribution < 1.29 is 23.5 Å². The van der Waals surface area contributed by atoms with E-state index in [1.54, 1.807) is 23.1 Å². The second-order valence-corrected chi connectivity index (χ2v) is 6.90. The maximum absolute atomic E-state index is 14.1. The van der Waals surface area contributed by atoms with E-state index in [0.29, 0.717) is 24.6 Å². The molecule has 6 nitrogen and oxygen atoms in total. The van der Waals surface area contributed by atoms with Gasteiger partial charge in [0, 0.05) is 26.1 Å². The SMILES string of the molecule is CCN(Cc1ccc2c(c1)OCO2)C(=O)[C@@H]1CC(=O)N(c2ccccc2F)C1. The standard InChI is InChI=1S/C21H21FN2O4/c1-2-23(11-14-7-8-18-19(9-14)28-13-27-18)21(26)15-10-20(25)24(12-15)17-6-4-3-5-16(17)22/h3-9,15H,2,10-13H2,1H3/t15-/m1/s1. The smallest absolute Gasteiger partial charge is 0.231 e. The molecule has 2 aromatic rings. The molecule has 0 aromatic heterocycles. The number of para-hydroxylation sites is 1. The third-order valence-electron chi connectivity index (χ3n) is 5.12. The zero-order valence-corrected chi connectivity index (χ0v) is 15.6. The molecule has 1 atom stereocenters. The maximum atomic E-state index is 14.1. The van der Waals surface area contributed by atoms with Crippen LogP contribution in [0, 0.1) is 11.7 Å². The molecule has 146 valence electrons. The number of rotatable bonds is 5. The number of benzene rings is 2. The van der Waals surface area contributed by atoms with Gasteiger partial charge < -0.3 is 19.3 Å². The van der Waals surface area contributed by atoms with Crippen molar-refractivity contribution >= 4 is 17.5 Å². The highest BCUT2D eigenvalue weighted by atomic mass is 19.1. The monoisotopic (exact) mass is 384 g/mol. The molecular formula is C21H21FN2O4. The highest BCUT2D eigenvalue weighted by Crippen LogP contribution is 2.33. The fraction of sp³-hybridized carbons (Fsp3) is 0.333. The molecule has 2 aliphatic rings. The molecule has 0 unspecified atom stereocenters. The van der Waals surface area contributed by atoms with Crippen LogP contribution in [0.5, 0.6) is 11.5 Å². The summed E-state index contributed by atoms with van der Waals surface area (Å²) >= 11 is 0. The third kappa shape index (κ3) is 3.40. The van der Waals surface area contributed by atoms with Gasteiger partial charge in [-0.05, 0) is 36.8 Å². The van der Waals surface area contributed by atoms with E-state index in [9.17, 15) is 14.0 Å². The molecule has 0 spiro atoms. The van der Waals surface area contributed by atoms with Crippen molar-refractivity contribution in [3.05, 3.63) is 53.8 Å². The Morgan fingerprint density at radius 2 is 2.00 bits per heavy atom. The molecule has 2 aromatic carbocycles. The number of nitrogens with zero attached hydrogens (tertiary/aromatic N) is 2. The summed E-state index contributed by atoms with van der Waals surface area (Å²) in [6, 6.07) is 11.7. The molecule has 28 heavy (non-hydrogen) atoms. The van der Waals surface area contributed by atoms with Crippen LogP contribution in [0.3, 0.4) is 0 Å². The van der Waals surface area contributed by atoms with Gasteiger partial charge in [-0.25, -0.2) is 4.39 Å². The highest BCUT2D eigenvalue weighted by molar-refractivity contribution is 6.00. The molecule has 1 saturated heterocycles. The number of carbonyl (C=O) groups is 2. The predicted octanol–water partition coefficient (Wildman–Crippen LogP) is 2.96. The minimum atomic E-state index is -0.485. The zero-order chi connectivity index (χ0) is 19.7. The molecular weight excluding hydrogens is 363 g/mol. The summed E-state index contributed by atoms with van der Waals surface area (Å²) in [5.74, 6) is 0.0791. The predicted molar refractivity (Wildman–Crippen MR) is 101 cm³/mol. The Hall–Kier alpha value is -3.09. The first-order valence-corrected chi connectivity index (χ1v) is 9.29. The Morgan fingerprint density at radius 3 is 2.79 bits per heavy atom. The van der Waals surface area contributed by atoms with Crippen LogP contribution in [-0.4, -0.2) is 36.6 Å². The van der Waals surface area contributed by atoms with E-state index < -0.39 is 11.7 Å². The minimum Gasteiger partial charge on any atom is -0.454 e. The fourth-order valence-corrected chi connectivity index (χ4v) is 3.64. The third-order valence-corrected chi connectivity index (χ3v) is 5.12. The molecule has 2 amide bonds. The van der Waals surface area contributed by atoms with Crippen LogP contribution in [0.2, 0.25) is 0 Å². The van der Waals surface area contributed by atoms with Gasteiger partial charge in [-0.15, -0.1) is 0 Å². The van der Waals surface area contributed by atoms with Crippen LogP contribution in [0.25, 0.3) is 0 Å². The highest BCUT2D eigenvalue weighted by Gasteiger charge is 2.37. The van der Waals surface area contributed by atoms with Crippen molar-refractivity contribution in [2.24, 2.45) is 5.92 Å². The Labute approximate surface area is 162 Å². The van der Waals surface area contributed by atoms with Gasteiger partial charge in [0.05, 0.1) is 11.6 Å². The fourth-order valence-electron chi connectivity index (χ4n) is 3.64. The molecule has 2 heterocycles. The lowest BCUT2D eigenvalue weighted by molar-refractivity contribution is -0.136. The van der Waals surface area contributed by atoms with Crippen molar-refractivity contribution in [2.75, 3.05) is 24.8 Å². The van der Waals surface area contributed by atoms with E-state index >= 15 is 0 Å². The van der Waals surface area contributed by atoms with Crippen LogP contribution in [-0.2, 0) is 16.1 Å². The van der Waals surface area contributed by atoms with E-state index in [2.05, 4.69) is 0 Å². The number of carbonyl (C=O) groups excluding carboxylic acids is 2. The summed E-state index contributed by atoms with van der Waals surface area (Å²) in [6.45, 7) is 3.21. The lowest BCUT2D eigenvalue weighted by Gasteiger charge is -2.24. The van der Waals surface area contributed by atoms with E-state index in [1.165, 1.54) is 11.0 Å². The van der Waals surface area contributed by atoms with Crippen molar-refractivity contribution in [1.82, 2.24) is 4.90 Å². The Balaban J connectivity index is 1.47. The van der Waals surface area contributed by atoms with Gasteiger partial charge in [0.1, 0.15) is 5.82 Å². The summed E-state index contributed by atoms with van der Waals surface area (Å²) in [6.07, 6.45) is 0.0881. The number of fused-ring (bicyclic) bond motifs is 1. The summed E-state index contributed by atoms with van der Waals surface area (Å²) in [4.78, 5) is 28.5. The van der Waals surface area contributed by atoms with Gasteiger partial charge in [-0.1, -0.05) is 18.2 Å². The number of amides is 2. The lowest BCUT2D eigenvalue weighted by Crippen LogP contribution is -2.37. The average Bonchev–Trinajstić information content (AvgIpc) is 3.32. The van der Waals surface area contributed by atoms with E-state index in [1.807, 2.05) is 25.1 Å². The average molecular weight is 384 g/mol. The second-order valence-electron chi connectivity index (χ2n) is 6.90. The molecule has 0 bridgehead atoms. The number of ether oxygens (including phenoxy) is 2. The maximum Gasteiger partial charge on any atom is 0.231 e. The van der Waals surface area contributed by atoms with Crippen molar-refractivity contribution in [2.45, 2.75) is 19.9 Å². The van der Waals surface area contributed by atoms with Gasteiger partial charge in [0.25, 0.3) is 0 Å². The Bertz CT molecular complexity index is 917. The van der Waals surface area contributed by atoms with Crippen LogP contribution < -0.4 is 14.4 Å². The molecule has 0 saturated carbocycles. The van der Waals surface area contributed by atoms with Gasteiger partial charge in [-0.2, -0.15) is 0 Å². The Kier molecular flexibility index (Phi) is 4.90. The normalized spacial score (nSPS) is 17.9. The molecule has 0 aliphatic carbocycles. The molecule has 0 radical (unpaired) electrons. The van der Waals surface area contributed by atoms with Crippen molar-refractivity contribution in [1.29, 1.82) is 0 Å². The minimum absolute atomic E-state index is 0.0881. The molecule has 1 fully saturated rings. The first kappa shape index (κ1) is 18.3. The van der Waals surface area contributed by atoms with Crippen molar-refractivity contribution in [3.63, 3.8) is 0 Å². The summed E-state index contributed by atoms with van der Waals surface area (Å²) in [7, 11) is 0. The lowest BCUT2D eigenvalue weighted by atomic mass is 10.1. The summed E-state index contributed by atoms with van der Waals surface area (Å²) in [5.41, 5.74) is 1.15. The Morgan fingerprint density at radius 1 is 1.21 bits per heavy atom. The summed E-state index contributed by atoms with van der Waals surface area (Å²) < 4.78 is 24.8. The molecule has 7 heteroatoms. The quantitative estimate of drug-likeness (QED) is 0.795. The van der Waals surface area contributed by atoms with E-state index in [0.717, 1.165) is 5.56 Å². The molecule has 2 aliphatic heterocycles. The van der Waals surface area contributed by atoms with Crippen molar-refractivity contribution in [3.8, 4) is 11.5 Å². The number of hydrogen-bond donors (Lipinski definition) is 0.